The largest absolute Gasteiger partial charge is 0.460 e. The summed E-state index contributed by atoms with van der Waals surface area (Å²) in [6, 6.07) is 28.5. The van der Waals surface area contributed by atoms with Crippen LogP contribution in [0.2, 0.25) is 0 Å². The molecule has 9 heteroatoms. The first-order chi connectivity index (χ1) is 25.1. The quantitative estimate of drug-likeness (QED) is 0.141. The van der Waals surface area contributed by atoms with Crippen molar-refractivity contribution < 1.29 is 29.0 Å². The molecule has 0 spiro atoms. The van der Waals surface area contributed by atoms with E-state index in [9.17, 15) is 19.5 Å². The van der Waals surface area contributed by atoms with Gasteiger partial charge in [-0.25, -0.2) is 0 Å². The van der Waals surface area contributed by atoms with Gasteiger partial charge in [-0.1, -0.05) is 105 Å². The van der Waals surface area contributed by atoms with Crippen molar-refractivity contribution in [1.29, 1.82) is 0 Å². The number of aliphatic hydroxyl groups excluding tert-OH is 1. The normalized spacial score (nSPS) is 21.6. The smallest absolute Gasteiger partial charge is 0.306 e. The molecule has 2 aliphatic rings. The predicted molar refractivity (Wildman–Crippen MR) is 205 cm³/mol. The fraction of sp³-hybridized carbons (Fsp3) is 0.409. The maximum absolute atomic E-state index is 15.1. The molecule has 280 valence electrons. The zero-order chi connectivity index (χ0) is 38.4. The summed E-state index contributed by atoms with van der Waals surface area (Å²) in [6.07, 6.45) is 3.09. The number of nitrogens with one attached hydrogen (secondary N) is 2. The van der Waals surface area contributed by atoms with E-state index >= 15 is 4.79 Å². The van der Waals surface area contributed by atoms with Crippen molar-refractivity contribution in [2.24, 2.45) is 23.5 Å². The van der Waals surface area contributed by atoms with E-state index < -0.39 is 46.5 Å². The molecule has 9 nitrogen and oxygen atoms in total. The van der Waals surface area contributed by atoms with Gasteiger partial charge in [-0.3, -0.25) is 19.2 Å². The Kier molecular flexibility index (Phi) is 12.1. The summed E-state index contributed by atoms with van der Waals surface area (Å²) in [5, 5.41) is 18.7. The average Bonchev–Trinajstić information content (AvgIpc) is 3.58. The fourth-order valence-corrected chi connectivity index (χ4v) is 7.72. The highest BCUT2D eigenvalue weighted by atomic mass is 16.6. The molecule has 0 bridgehead atoms. The number of amides is 1. The number of ether oxygens (including phenoxy) is 1. The molecule has 2 heterocycles. The molecular weight excluding hydrogens is 666 g/mol. The number of nitrogens with two attached hydrogens (primary N) is 1. The Balaban J connectivity index is 1.49. The second-order valence-electron chi connectivity index (χ2n) is 16.0. The van der Waals surface area contributed by atoms with E-state index in [1.165, 1.54) is 0 Å². The Labute approximate surface area is 313 Å². The monoisotopic (exact) mass is 719 g/mol. The van der Waals surface area contributed by atoms with E-state index in [0.717, 1.165) is 16.7 Å². The first-order valence-corrected chi connectivity index (χ1v) is 18.5. The number of carbonyl (C=O) groups excluding carboxylic acids is 4. The Bertz CT molecular complexity index is 1830. The van der Waals surface area contributed by atoms with Crippen LogP contribution in [-0.4, -0.2) is 51.3 Å². The molecule has 5 N–H and O–H groups in total. The minimum Gasteiger partial charge on any atom is -0.460 e. The number of primary amides is 1. The maximum atomic E-state index is 15.1. The lowest BCUT2D eigenvalue weighted by molar-refractivity contribution is -0.157. The number of hydrogen-bond acceptors (Lipinski definition) is 8. The van der Waals surface area contributed by atoms with E-state index in [4.69, 9.17) is 10.5 Å². The lowest BCUT2D eigenvalue weighted by Gasteiger charge is -2.36. The van der Waals surface area contributed by atoms with Gasteiger partial charge in [-0.15, -0.1) is 0 Å². The van der Waals surface area contributed by atoms with E-state index in [2.05, 4.69) is 10.6 Å². The second-order valence-corrected chi connectivity index (χ2v) is 16.0. The summed E-state index contributed by atoms with van der Waals surface area (Å²) in [6.45, 7) is 9.36. The van der Waals surface area contributed by atoms with Crippen molar-refractivity contribution in [1.82, 2.24) is 10.6 Å². The summed E-state index contributed by atoms with van der Waals surface area (Å²) < 4.78 is 5.67. The molecule has 0 radical (unpaired) electrons. The predicted octanol–water partition coefficient (Wildman–Crippen LogP) is 5.55. The first-order valence-electron chi connectivity index (χ1n) is 18.5. The number of carbonyl (C=O) groups is 4. The average molecular weight is 720 g/mol. The molecule has 0 saturated heterocycles. The van der Waals surface area contributed by atoms with Gasteiger partial charge in [0.25, 0.3) is 0 Å². The van der Waals surface area contributed by atoms with Gasteiger partial charge < -0.3 is 26.2 Å². The standard InChI is InChI=1S/C44H53N3O6/c1-29(2)24-44(39(50)35(27-47-44)34(41(45)52)22-31-17-11-7-12-18-31)36-28-46-43(40(36)51,25-32-19-13-8-14-20-32)26-37(48)33(21-30-15-9-6-10-16-30)23-38(49)53-42(3,4)5/h6-20,27-29,33-34,37,46-48H,21-26H2,1-5H3,(H2,45,52)/t33-,34-,37+,43+,44+/m1/s1. The third-order valence-electron chi connectivity index (χ3n) is 10.1. The van der Waals surface area contributed by atoms with Crippen molar-refractivity contribution in [2.45, 2.75) is 95.9 Å². The number of ketones is 2. The summed E-state index contributed by atoms with van der Waals surface area (Å²) >= 11 is 0. The Morgan fingerprint density at radius 1 is 0.774 bits per heavy atom. The van der Waals surface area contributed by atoms with Crippen LogP contribution in [0.5, 0.6) is 0 Å². The van der Waals surface area contributed by atoms with Crippen molar-refractivity contribution in [3.63, 3.8) is 0 Å². The van der Waals surface area contributed by atoms with E-state index in [-0.39, 0.29) is 60.7 Å². The van der Waals surface area contributed by atoms with Crippen LogP contribution in [0.3, 0.4) is 0 Å². The van der Waals surface area contributed by atoms with Gasteiger partial charge in [-0.05, 0) is 68.6 Å². The number of aliphatic hydroxyl groups is 1. The number of rotatable bonds is 16. The molecule has 3 aromatic carbocycles. The van der Waals surface area contributed by atoms with Gasteiger partial charge >= 0.3 is 5.97 Å². The van der Waals surface area contributed by atoms with Gasteiger partial charge in [-0.2, -0.15) is 0 Å². The molecule has 5 atom stereocenters. The van der Waals surface area contributed by atoms with Gasteiger partial charge in [0.15, 0.2) is 11.6 Å². The van der Waals surface area contributed by atoms with Crippen LogP contribution in [0.15, 0.2) is 115 Å². The topological polar surface area (TPSA) is 148 Å². The Morgan fingerprint density at radius 2 is 1.32 bits per heavy atom. The van der Waals surface area contributed by atoms with E-state index in [0.29, 0.717) is 6.42 Å². The highest BCUT2D eigenvalue weighted by molar-refractivity contribution is 6.19. The van der Waals surface area contributed by atoms with Crippen molar-refractivity contribution in [3.05, 3.63) is 131 Å². The fourth-order valence-electron chi connectivity index (χ4n) is 7.72. The second kappa shape index (κ2) is 16.3. The lowest BCUT2D eigenvalue weighted by Crippen LogP contribution is -2.56. The van der Waals surface area contributed by atoms with Gasteiger partial charge in [0.05, 0.1) is 18.4 Å². The number of esters is 1. The third kappa shape index (κ3) is 9.32. The molecule has 3 aromatic rings. The van der Waals surface area contributed by atoms with E-state index in [1.54, 1.807) is 33.2 Å². The first kappa shape index (κ1) is 39.2. The van der Waals surface area contributed by atoms with Crippen LogP contribution in [0.4, 0.5) is 0 Å². The highest BCUT2D eigenvalue weighted by Crippen LogP contribution is 2.42. The molecular formula is C44H53N3O6. The molecule has 0 aliphatic carbocycles. The number of hydrogen-bond donors (Lipinski definition) is 4. The van der Waals surface area contributed by atoms with Crippen molar-refractivity contribution in [2.75, 3.05) is 0 Å². The summed E-state index contributed by atoms with van der Waals surface area (Å²) in [7, 11) is 0. The summed E-state index contributed by atoms with van der Waals surface area (Å²) in [4.78, 5) is 55.9. The molecule has 0 unspecified atom stereocenters. The van der Waals surface area contributed by atoms with Crippen LogP contribution in [0.1, 0.15) is 70.6 Å². The van der Waals surface area contributed by atoms with Crippen LogP contribution in [-0.2, 0) is 43.2 Å². The molecule has 2 aliphatic heterocycles. The highest BCUT2D eigenvalue weighted by Gasteiger charge is 2.57. The molecule has 0 aromatic heterocycles. The molecule has 0 saturated carbocycles. The molecule has 1 amide bonds. The zero-order valence-corrected chi connectivity index (χ0v) is 31.4. The van der Waals surface area contributed by atoms with Gasteiger partial charge in [0.2, 0.25) is 5.91 Å². The lowest BCUT2D eigenvalue weighted by atomic mass is 9.70. The SMILES string of the molecule is CC(C)C[C@@]1(C2=CN[C@@](Cc3ccccc3)(C[C@H](O)[C@@H](CC(=O)OC(C)(C)C)Cc3ccccc3)C2=O)NC=C([C@@H](Cc2ccccc2)C(N)=O)C1=O. The number of benzene rings is 3. The zero-order valence-electron chi connectivity index (χ0n) is 31.4. The Hall–Kier alpha value is -5.02. The minimum atomic E-state index is -1.46. The van der Waals surface area contributed by atoms with Crippen molar-refractivity contribution in [3.8, 4) is 0 Å². The van der Waals surface area contributed by atoms with Crippen molar-refractivity contribution >= 4 is 23.4 Å². The molecule has 53 heavy (non-hydrogen) atoms. The van der Waals surface area contributed by atoms with Crippen LogP contribution >= 0.6 is 0 Å². The van der Waals surface area contributed by atoms with E-state index in [1.807, 2.05) is 105 Å². The summed E-state index contributed by atoms with van der Waals surface area (Å²) in [5.41, 5.74) is 5.54. The molecule has 0 fully saturated rings. The van der Waals surface area contributed by atoms with Crippen LogP contribution in [0, 0.1) is 17.8 Å². The molecule has 5 rings (SSSR count). The maximum Gasteiger partial charge on any atom is 0.306 e. The van der Waals surface area contributed by atoms with Gasteiger partial charge in [0, 0.05) is 36.4 Å². The van der Waals surface area contributed by atoms with Crippen LogP contribution in [0.25, 0.3) is 0 Å². The summed E-state index contributed by atoms with van der Waals surface area (Å²) in [5.74, 6) is -3.25. The van der Waals surface area contributed by atoms with Crippen LogP contribution < -0.4 is 16.4 Å². The third-order valence-corrected chi connectivity index (χ3v) is 10.1. The minimum absolute atomic E-state index is 0.0205. The number of Topliss-reactive ketones (excluding diaryl/α,β-unsaturated/α-hetero) is 2. The van der Waals surface area contributed by atoms with Gasteiger partial charge in [0.1, 0.15) is 16.7 Å². The Morgan fingerprint density at radius 3 is 1.85 bits per heavy atom.